The Morgan fingerprint density at radius 2 is 1.66 bits per heavy atom. The minimum atomic E-state index is -0.352. The minimum Gasteiger partial charge on any atom is -0.350 e. The molecule has 2 unspecified atom stereocenters. The lowest BCUT2D eigenvalue weighted by Crippen LogP contribution is -2.08. The van der Waals surface area contributed by atoms with Gasteiger partial charge in [0, 0.05) is 6.07 Å². The molecule has 1 fully saturated rings. The maximum absolute atomic E-state index is 11.2. The van der Waals surface area contributed by atoms with Gasteiger partial charge in [0.2, 0.25) is 0 Å². The Kier molecular flexibility index (Phi) is 11.6. The summed E-state index contributed by atoms with van der Waals surface area (Å²) in [6.07, 6.45) is 18.8. The molecule has 1 aromatic carbocycles. The summed E-state index contributed by atoms with van der Waals surface area (Å²) in [6.45, 7) is 2.62. The molecule has 1 aliphatic rings. The molecule has 5 nitrogen and oxygen atoms in total. The van der Waals surface area contributed by atoms with Gasteiger partial charge in [-0.15, -0.1) is 0 Å². The molecule has 0 radical (unpaired) electrons. The molecular formula is C24H37NO4. The van der Waals surface area contributed by atoms with Crippen LogP contribution in [0.3, 0.4) is 0 Å². The lowest BCUT2D eigenvalue weighted by Gasteiger charge is -2.12. The highest BCUT2D eigenvalue weighted by molar-refractivity contribution is 5.41. The number of nitro benzene ring substituents is 1. The van der Waals surface area contributed by atoms with Crippen LogP contribution in [0, 0.1) is 10.1 Å². The van der Waals surface area contributed by atoms with Gasteiger partial charge in [-0.25, -0.2) is 0 Å². The Balaban J connectivity index is 1.49. The zero-order valence-electron chi connectivity index (χ0n) is 17.9. The lowest BCUT2D eigenvalue weighted by atomic mass is 10.1. The van der Waals surface area contributed by atoms with Crippen molar-refractivity contribution in [2.75, 3.05) is 6.61 Å². The number of unbranched alkanes of at least 4 members (excludes halogenated alkanes) is 9. The summed E-state index contributed by atoms with van der Waals surface area (Å²) >= 11 is 0. The number of ether oxygens (including phenoxy) is 2. The Morgan fingerprint density at radius 3 is 2.38 bits per heavy atom. The van der Waals surface area contributed by atoms with Crippen molar-refractivity contribution in [3.63, 3.8) is 0 Å². The highest BCUT2D eigenvalue weighted by atomic mass is 16.7. The maximum Gasteiger partial charge on any atom is 0.275 e. The van der Waals surface area contributed by atoms with Crippen LogP contribution in [-0.2, 0) is 9.47 Å². The van der Waals surface area contributed by atoms with Gasteiger partial charge in [0.1, 0.15) is 6.10 Å². The summed E-state index contributed by atoms with van der Waals surface area (Å²) in [6, 6.07) is 6.77. The fourth-order valence-electron chi connectivity index (χ4n) is 3.71. The molecule has 0 aromatic heterocycles. The number of nitrogens with zero attached hydrogens (tertiary/aromatic N) is 1. The number of allylic oxidation sites excluding steroid dienone is 2. The Bertz CT molecular complexity index is 617. The summed E-state index contributed by atoms with van der Waals surface area (Å²) in [4.78, 5) is 10.8. The maximum atomic E-state index is 11.2. The van der Waals surface area contributed by atoms with Crippen molar-refractivity contribution in [2.45, 2.75) is 96.4 Å². The van der Waals surface area contributed by atoms with Gasteiger partial charge in [0.25, 0.3) is 5.69 Å². The molecule has 5 heteroatoms. The molecule has 0 aliphatic carbocycles. The molecular weight excluding hydrogens is 366 g/mol. The molecule has 0 saturated carbocycles. The zero-order chi connectivity index (χ0) is 20.7. The van der Waals surface area contributed by atoms with Crippen molar-refractivity contribution in [3.05, 3.63) is 52.1 Å². The fraction of sp³-hybridized carbons (Fsp3) is 0.667. The molecule has 162 valence electrons. The van der Waals surface area contributed by atoms with Crippen molar-refractivity contribution >= 4 is 5.69 Å². The van der Waals surface area contributed by atoms with Crippen LogP contribution in [0.2, 0.25) is 0 Å². The van der Waals surface area contributed by atoms with Gasteiger partial charge in [0.15, 0.2) is 6.29 Å². The van der Waals surface area contributed by atoms with Crippen molar-refractivity contribution < 1.29 is 14.4 Å². The minimum absolute atomic E-state index is 0.109. The highest BCUT2D eigenvalue weighted by Crippen LogP contribution is 2.33. The average molecular weight is 404 g/mol. The largest absolute Gasteiger partial charge is 0.350 e. The summed E-state index contributed by atoms with van der Waals surface area (Å²) in [5.74, 6) is 0. The number of rotatable bonds is 15. The standard InChI is InChI=1S/C24H37NO4/c1-2-3-4-5-6-7-8-9-10-11-12-13-14-19-24-28-20-23(29-24)21-17-15-16-18-22(21)25(26)27/h5-6,15-18,23-24H,2-4,7-14,19-20H2,1H3/b6-5-. The molecule has 0 amide bonds. The quantitative estimate of drug-likeness (QED) is 0.134. The van der Waals surface area contributed by atoms with Crippen LogP contribution in [0.5, 0.6) is 0 Å². The van der Waals surface area contributed by atoms with E-state index in [1.54, 1.807) is 12.1 Å². The van der Waals surface area contributed by atoms with Gasteiger partial charge in [-0.1, -0.05) is 76.2 Å². The average Bonchev–Trinajstić information content (AvgIpc) is 3.20. The van der Waals surface area contributed by atoms with Crippen molar-refractivity contribution in [3.8, 4) is 0 Å². The number of hydrogen-bond donors (Lipinski definition) is 0. The first kappa shape index (κ1) is 23.6. The third-order valence-corrected chi connectivity index (χ3v) is 5.43. The van der Waals surface area contributed by atoms with E-state index in [1.807, 2.05) is 6.07 Å². The number of para-hydroxylation sites is 1. The molecule has 0 bridgehead atoms. The van der Waals surface area contributed by atoms with E-state index < -0.39 is 0 Å². The zero-order valence-corrected chi connectivity index (χ0v) is 17.9. The monoisotopic (exact) mass is 403 g/mol. The molecule has 29 heavy (non-hydrogen) atoms. The summed E-state index contributed by atoms with van der Waals surface area (Å²) < 4.78 is 11.6. The molecule has 2 atom stereocenters. The first-order chi connectivity index (χ1) is 14.2. The third-order valence-electron chi connectivity index (χ3n) is 5.43. The normalized spacial score (nSPS) is 19.2. The van der Waals surface area contributed by atoms with Crippen LogP contribution >= 0.6 is 0 Å². The predicted molar refractivity (Wildman–Crippen MR) is 117 cm³/mol. The molecule has 1 heterocycles. The molecule has 1 aliphatic heterocycles. The molecule has 0 N–H and O–H groups in total. The summed E-state index contributed by atoms with van der Waals surface area (Å²) in [7, 11) is 0. The van der Waals surface area contributed by atoms with Crippen LogP contribution in [0.4, 0.5) is 5.69 Å². The second-order valence-electron chi connectivity index (χ2n) is 7.87. The Morgan fingerprint density at radius 1 is 1.00 bits per heavy atom. The van der Waals surface area contributed by atoms with E-state index >= 15 is 0 Å². The van der Waals surface area contributed by atoms with E-state index in [0.717, 1.165) is 12.8 Å². The van der Waals surface area contributed by atoms with Crippen LogP contribution in [0.1, 0.15) is 95.6 Å². The fourth-order valence-corrected chi connectivity index (χ4v) is 3.71. The first-order valence-electron chi connectivity index (χ1n) is 11.4. The summed E-state index contributed by atoms with van der Waals surface area (Å²) in [5, 5.41) is 11.2. The summed E-state index contributed by atoms with van der Waals surface area (Å²) in [5.41, 5.74) is 0.721. The van der Waals surface area contributed by atoms with E-state index in [4.69, 9.17) is 9.47 Å². The van der Waals surface area contributed by atoms with Crippen molar-refractivity contribution in [1.82, 2.24) is 0 Å². The van der Waals surface area contributed by atoms with Crippen LogP contribution < -0.4 is 0 Å². The topological polar surface area (TPSA) is 61.6 Å². The van der Waals surface area contributed by atoms with Crippen LogP contribution in [0.25, 0.3) is 0 Å². The smallest absolute Gasteiger partial charge is 0.275 e. The van der Waals surface area contributed by atoms with E-state index in [0.29, 0.717) is 12.2 Å². The highest BCUT2D eigenvalue weighted by Gasteiger charge is 2.31. The first-order valence-corrected chi connectivity index (χ1v) is 11.4. The number of hydrogen-bond acceptors (Lipinski definition) is 4. The second kappa shape index (κ2) is 14.3. The Labute approximate surface area is 175 Å². The van der Waals surface area contributed by atoms with Crippen LogP contribution in [-0.4, -0.2) is 17.8 Å². The lowest BCUT2D eigenvalue weighted by molar-refractivity contribution is -0.386. The molecule has 0 spiro atoms. The van der Waals surface area contributed by atoms with Gasteiger partial charge in [-0.05, 0) is 38.2 Å². The van der Waals surface area contributed by atoms with Gasteiger partial charge < -0.3 is 9.47 Å². The van der Waals surface area contributed by atoms with Gasteiger partial charge >= 0.3 is 0 Å². The number of benzene rings is 1. The van der Waals surface area contributed by atoms with Gasteiger partial charge in [-0.3, -0.25) is 10.1 Å². The van der Waals surface area contributed by atoms with Crippen molar-refractivity contribution in [2.24, 2.45) is 0 Å². The predicted octanol–water partition coefficient (Wildman–Crippen LogP) is 7.27. The second-order valence-corrected chi connectivity index (χ2v) is 7.87. The SMILES string of the molecule is CCCC/C=C\CCCCCCCCCC1OCC(c2ccccc2[N+](=O)[O-])O1. The van der Waals surface area contributed by atoms with E-state index in [2.05, 4.69) is 19.1 Å². The molecule has 1 aromatic rings. The van der Waals surface area contributed by atoms with Crippen molar-refractivity contribution in [1.29, 1.82) is 0 Å². The van der Waals surface area contributed by atoms with E-state index in [-0.39, 0.29) is 23.0 Å². The molecule has 1 saturated heterocycles. The van der Waals surface area contributed by atoms with Gasteiger partial charge in [-0.2, -0.15) is 0 Å². The van der Waals surface area contributed by atoms with E-state index in [1.165, 1.54) is 70.3 Å². The molecule has 2 rings (SSSR count). The Hall–Kier alpha value is -1.72. The van der Waals surface area contributed by atoms with E-state index in [9.17, 15) is 10.1 Å². The van der Waals surface area contributed by atoms with Gasteiger partial charge in [0.05, 0.1) is 17.1 Å². The third kappa shape index (κ3) is 9.09. The van der Waals surface area contributed by atoms with Crippen LogP contribution in [0.15, 0.2) is 36.4 Å². The number of nitro groups is 1.